The number of thioether (sulfide) groups is 1. The largest absolute Gasteiger partial charge is 0.508 e. The van der Waals surface area contributed by atoms with E-state index in [9.17, 15) is 79.8 Å². The van der Waals surface area contributed by atoms with Gasteiger partial charge in [-0.1, -0.05) is 65.3 Å². The first-order valence-corrected chi connectivity index (χ1v) is 40.7. The number of carboxylic acid groups (broad SMARTS) is 1. The highest BCUT2D eigenvalue weighted by Crippen LogP contribution is 2.50. The molecule has 22 N–H and O–H groups in total. The van der Waals surface area contributed by atoms with Gasteiger partial charge in [-0.3, -0.25) is 52.7 Å². The van der Waals surface area contributed by atoms with Gasteiger partial charge in [0.1, 0.15) is 113 Å². The van der Waals surface area contributed by atoms with Crippen LogP contribution < -0.4 is 72.9 Å². The predicted molar refractivity (Wildman–Crippen MR) is 435 cm³/mol. The average Bonchev–Trinajstić information content (AvgIpc) is 0.762. The van der Waals surface area contributed by atoms with Crippen LogP contribution >= 0.6 is 35.0 Å². The highest BCUT2D eigenvalue weighted by atomic mass is 35.5. The van der Waals surface area contributed by atoms with Gasteiger partial charge in [0.2, 0.25) is 59.3 Å². The maximum atomic E-state index is 16.3. The van der Waals surface area contributed by atoms with E-state index in [4.69, 9.17) is 72.6 Å². The van der Waals surface area contributed by atoms with Gasteiger partial charge in [0.05, 0.1) is 47.9 Å². The van der Waals surface area contributed by atoms with E-state index in [2.05, 4.69) is 42.5 Å². The summed E-state index contributed by atoms with van der Waals surface area (Å²) in [5, 5.41) is 135. The summed E-state index contributed by atoms with van der Waals surface area (Å²) in [7, 11) is 0. The lowest BCUT2D eigenvalue weighted by Crippen LogP contribution is -2.65. The highest BCUT2D eigenvalue weighted by Gasteiger charge is 2.52. The molecule has 0 spiro atoms. The molecule has 7 heterocycles. The van der Waals surface area contributed by atoms with Gasteiger partial charge in [-0.05, 0) is 148 Å². The summed E-state index contributed by atoms with van der Waals surface area (Å²) in [6.45, 7) is 7.78. The molecule has 8 amide bonds. The number of benzene rings is 6. The molecule has 2 saturated heterocycles. The van der Waals surface area contributed by atoms with E-state index in [0.717, 1.165) is 78.9 Å². The number of phenolic OH excluding ortho intramolecular Hbond substituents is 3. The van der Waals surface area contributed by atoms with Crippen molar-refractivity contribution >= 4 is 99.3 Å². The van der Waals surface area contributed by atoms with Gasteiger partial charge in [-0.2, -0.15) is 0 Å². The van der Waals surface area contributed by atoms with Gasteiger partial charge in [0.15, 0.2) is 29.0 Å². The van der Waals surface area contributed by atoms with Crippen LogP contribution in [0.15, 0.2) is 103 Å². The van der Waals surface area contributed by atoms with E-state index < -0.39 is 290 Å². The summed E-state index contributed by atoms with van der Waals surface area (Å²) >= 11 is 15.5. The Morgan fingerprint density at radius 2 is 1.37 bits per heavy atom. The minimum absolute atomic E-state index is 0.0274. The van der Waals surface area contributed by atoms with Crippen LogP contribution in [0.4, 0.5) is 0 Å². The maximum Gasteiger partial charge on any atom is 0.322 e. The van der Waals surface area contributed by atoms with Crippen LogP contribution in [-0.2, 0) is 78.2 Å². The Morgan fingerprint density at radius 3 is 2.01 bits per heavy atom. The molecule has 6 aromatic carbocycles. The van der Waals surface area contributed by atoms with Crippen LogP contribution in [0, 0.1) is 0 Å². The molecule has 0 saturated carbocycles. The van der Waals surface area contributed by atoms with Crippen LogP contribution in [0.2, 0.25) is 10.0 Å². The molecule has 18 atom stereocenters. The van der Waals surface area contributed by atoms with E-state index in [1.54, 1.807) is 45.9 Å². The topological polar surface area (TPSA) is 612 Å². The molecular weight excluding hydrogens is 1690 g/mol. The quantitative estimate of drug-likeness (QED) is 0.0322. The summed E-state index contributed by atoms with van der Waals surface area (Å²) in [4.78, 5) is 156. The molecule has 0 aliphatic carbocycles. The van der Waals surface area contributed by atoms with Gasteiger partial charge in [0.25, 0.3) is 0 Å². The smallest absolute Gasteiger partial charge is 0.322 e. The second kappa shape index (κ2) is 39.7. The van der Waals surface area contributed by atoms with Gasteiger partial charge in [0, 0.05) is 54.8 Å². The van der Waals surface area contributed by atoms with Crippen LogP contribution in [0.3, 0.4) is 0 Å². The fourth-order valence-corrected chi connectivity index (χ4v) is 15.4. The molecular formula is C82H94Cl2N10O29S. The van der Waals surface area contributed by atoms with Crippen molar-refractivity contribution in [1.29, 1.82) is 0 Å². The van der Waals surface area contributed by atoms with Crippen LogP contribution in [0.1, 0.15) is 137 Å². The number of aliphatic hydroxyl groups is 6. The third kappa shape index (κ3) is 22.5. The van der Waals surface area contributed by atoms with Crippen molar-refractivity contribution in [3.8, 4) is 62.9 Å². The zero-order valence-corrected chi connectivity index (χ0v) is 69.6. The van der Waals surface area contributed by atoms with E-state index in [1.165, 1.54) is 25.6 Å². The molecule has 0 radical (unpaired) electrons. The zero-order chi connectivity index (χ0) is 90.2. The Balaban J connectivity index is 1.09. The van der Waals surface area contributed by atoms with Crippen molar-refractivity contribution in [3.63, 3.8) is 0 Å². The number of nitrogens with one attached hydrogen (secondary N) is 8. The van der Waals surface area contributed by atoms with Crippen molar-refractivity contribution in [2.24, 2.45) is 11.5 Å². The molecule has 124 heavy (non-hydrogen) atoms. The van der Waals surface area contributed by atoms with Gasteiger partial charge < -0.3 is 143 Å². The number of aliphatic hydroxyl groups excluding tert-OH is 6. The first kappa shape index (κ1) is 93.5. The number of esters is 1. The third-order valence-electron chi connectivity index (χ3n) is 20.7. The standard InChI is InChI=1S/C82H94Cl2N10O29S/c1-34-72(108)82(6,88-31-36-9-7-10-42(21-36)116-19-8-20-124-35(2)96)30-59(117-34)121-71-69(107)68(106)55(33-95)120-80(71)122-70-53-25-40-26-54(70)119-52-17-13-39(24-46(52)84)67(105)65-79(115)92-63(75(111)87-32-57(101)102)44-27-41(97)28-50(99)60(44)43-22-37(11-15-49(43)98)61(76(112)94-65)91-77(113)62(40)90-74(110)48(29-56(86)100)89-78(114)64(66(104)38-12-16-51(118-53)45(83)23-38)93-73(109)47(85)14-18-58(103)123-81(3,4)5/h7,9-13,15-17,21-28,34,47-48,55,59,61-69,71-72,80,88,95,97-99,104-108H,8,14,18-20,29-33,85H2,1-6H3,(H2,86,100)(H,87,111)(H,89,114)(H,90,110)(H,91,113)(H,92,115)(H,93,109)(H,94,112)(H,101,102)/t34-,47-,48-,55+,59-,61+,62+,63-,64+,65-,66+,67+,68+,69-,71+,72+,80-,82-/m0/s1. The van der Waals surface area contributed by atoms with Gasteiger partial charge >= 0.3 is 11.9 Å². The number of hydrogen-bond acceptors (Lipinski definition) is 31. The number of rotatable bonds is 23. The molecule has 11 bridgehead atoms. The van der Waals surface area contributed by atoms with Gasteiger partial charge in [-0.15, -0.1) is 0 Å². The number of nitrogens with two attached hydrogens (primary N) is 2. The van der Waals surface area contributed by atoms with Crippen LogP contribution in [0.25, 0.3) is 11.1 Å². The Labute approximate surface area is 721 Å². The molecule has 2 fully saturated rings. The lowest BCUT2D eigenvalue weighted by molar-refractivity contribution is -0.334. The Kier molecular flexibility index (Phi) is 30.0. The number of fused-ring (bicyclic) bond motifs is 15. The lowest BCUT2D eigenvalue weighted by Gasteiger charge is -2.48. The molecule has 0 unspecified atom stereocenters. The lowest BCUT2D eigenvalue weighted by atomic mass is 9.84. The van der Waals surface area contributed by atoms with Crippen molar-refractivity contribution in [1.82, 2.24) is 42.5 Å². The number of carboxylic acids is 1. The Hall–Kier alpha value is -11.2. The first-order valence-electron chi connectivity index (χ1n) is 38.9. The summed E-state index contributed by atoms with van der Waals surface area (Å²) < 4.78 is 50.7. The number of carbonyl (C=O) groups is 11. The number of amides is 8. The maximum absolute atomic E-state index is 16.3. The number of aliphatic carboxylic acids is 1. The normalized spacial score (nSPS) is 26.1. The molecule has 7 aliphatic rings. The van der Waals surface area contributed by atoms with E-state index in [-0.39, 0.29) is 29.2 Å². The van der Waals surface area contributed by atoms with Crippen LogP contribution in [-0.4, -0.2) is 225 Å². The van der Waals surface area contributed by atoms with Crippen molar-refractivity contribution in [2.75, 3.05) is 25.5 Å². The predicted octanol–water partition coefficient (Wildman–Crippen LogP) is 1.92. The number of phenols is 3. The Bertz CT molecular complexity index is 5090. The molecule has 13 rings (SSSR count). The fraction of sp³-hybridized carbons (Fsp3) is 0.427. The number of primary amides is 1. The first-order chi connectivity index (χ1) is 58.6. The third-order valence-corrected chi connectivity index (χ3v) is 22.2. The Morgan fingerprint density at radius 1 is 0.726 bits per heavy atom. The van der Waals surface area contributed by atoms with E-state index >= 15 is 24.0 Å². The van der Waals surface area contributed by atoms with Crippen molar-refractivity contribution in [3.05, 3.63) is 147 Å². The number of carbonyl (C=O) groups excluding carboxylic acids is 10. The summed E-state index contributed by atoms with van der Waals surface area (Å²) in [5.74, 6) is -17.9. The number of hydrogen-bond donors (Lipinski definition) is 20. The number of aromatic hydroxyl groups is 3. The average molecular weight is 1790 g/mol. The SMILES string of the molecule is CC(=O)SCCCOc1cccc(CN[C@@]2(C)C[C@H](O[C@H]3[C@H](Oc4c5cc6cc4Oc4ccc(cc4Cl)[C@@H](O)[C@@H](NC(=O)[C@@H](N)CCC(=O)OC(C)(C)C)C(=O)N[C@@H](CC(N)=O)C(=O)N[C@H]6C(=O)N[C@H]4C(=O)N[C@H](C(=O)N[C@H](C(=O)NCC(=O)O)c6cc(O)cc(O)c6-c6cc4ccc6O)[C@H](O)c4ccc(c(Cl)c4)O5)O[C@H](CO)[C@@H](O)[C@@H]3O)O[C@@H](C)[C@H]2O)c1. The summed E-state index contributed by atoms with van der Waals surface area (Å²) in [5.41, 5.74) is 7.32. The number of halogens is 2. The summed E-state index contributed by atoms with van der Waals surface area (Å²) in [6.07, 6.45) is -19.9. The molecule has 42 heteroatoms. The highest BCUT2D eigenvalue weighted by molar-refractivity contribution is 8.13. The van der Waals surface area contributed by atoms with Crippen molar-refractivity contribution in [2.45, 2.75) is 195 Å². The molecule has 666 valence electrons. The molecule has 0 aromatic heterocycles. The van der Waals surface area contributed by atoms with Crippen LogP contribution in [0.5, 0.6) is 51.7 Å². The molecule has 39 nitrogen and oxygen atoms in total. The fourth-order valence-electron chi connectivity index (χ4n) is 14.4. The second-order valence-electron chi connectivity index (χ2n) is 31.2. The van der Waals surface area contributed by atoms with E-state index in [0.29, 0.717) is 30.1 Å². The second-order valence-corrected chi connectivity index (χ2v) is 33.3. The van der Waals surface area contributed by atoms with Gasteiger partial charge in [-0.25, -0.2) is 0 Å². The monoisotopic (exact) mass is 1780 g/mol. The number of ether oxygens (including phenoxy) is 8. The zero-order valence-electron chi connectivity index (χ0n) is 67.2. The minimum Gasteiger partial charge on any atom is -0.508 e. The molecule has 6 aromatic rings. The van der Waals surface area contributed by atoms with Crippen molar-refractivity contribution < 1.29 is 142 Å². The molecule has 7 aliphatic heterocycles. The summed E-state index contributed by atoms with van der Waals surface area (Å²) in [6, 6.07) is 4.80. The minimum atomic E-state index is -2.44. The van der Waals surface area contributed by atoms with E-state index in [1.807, 2.05) is 6.07 Å².